The van der Waals surface area contributed by atoms with Crippen LogP contribution in [0.15, 0.2) is 23.3 Å². The highest BCUT2D eigenvalue weighted by atomic mass is 16.5. The maximum atomic E-state index is 11.4. The molecule has 0 aromatic heterocycles. The average molecular weight is 556 g/mol. The van der Waals surface area contributed by atoms with Gasteiger partial charge in [-0.25, -0.2) is 0 Å². The van der Waals surface area contributed by atoms with E-state index in [9.17, 15) is 15.0 Å². The number of nitrogens with one attached hydrogen (secondary N) is 1. The summed E-state index contributed by atoms with van der Waals surface area (Å²) in [5, 5.41) is 23.7. The largest absolute Gasteiger partial charge is 0.481 e. The van der Waals surface area contributed by atoms with Gasteiger partial charge in [-0.15, -0.1) is 0 Å². The smallest absolute Gasteiger partial charge is 0.303 e. The summed E-state index contributed by atoms with van der Waals surface area (Å²) in [6.07, 6.45) is 19.3. The van der Waals surface area contributed by atoms with Gasteiger partial charge in [0.25, 0.3) is 0 Å². The average Bonchev–Trinajstić information content (AvgIpc) is 3.35. The summed E-state index contributed by atoms with van der Waals surface area (Å²) in [5.41, 5.74) is 3.73. The molecule has 5 rings (SSSR count). The topological polar surface area (TPSA) is 78.8 Å². The molecule has 0 bridgehead atoms. The number of carbonyl (C=O) groups is 1. The number of methoxy groups -OCH3 is 1. The number of carboxylic acids is 1. The number of hydrogen-bond donors (Lipinski definition) is 3. The molecule has 8 unspecified atom stereocenters. The van der Waals surface area contributed by atoms with Gasteiger partial charge in [0.15, 0.2) is 0 Å². The molecule has 10 atom stereocenters. The first kappa shape index (κ1) is 30.3. The fourth-order valence-electron chi connectivity index (χ4n) is 11.4. The highest BCUT2D eigenvalue weighted by Gasteiger charge is 2.64. The van der Waals surface area contributed by atoms with Crippen LogP contribution in [-0.4, -0.2) is 48.1 Å². The molecule has 4 fully saturated rings. The van der Waals surface area contributed by atoms with E-state index in [0.29, 0.717) is 42.2 Å². The molecule has 0 saturated heterocycles. The van der Waals surface area contributed by atoms with Gasteiger partial charge in [-0.2, -0.15) is 0 Å². The van der Waals surface area contributed by atoms with Crippen molar-refractivity contribution < 1.29 is 19.7 Å². The van der Waals surface area contributed by atoms with E-state index in [4.69, 9.17) is 4.74 Å². The summed E-state index contributed by atoms with van der Waals surface area (Å²) in [4.78, 5) is 11.4. The molecule has 0 radical (unpaired) electrons. The summed E-state index contributed by atoms with van der Waals surface area (Å²) in [6, 6.07) is 0. The molecule has 0 amide bonds. The van der Waals surface area contributed by atoms with E-state index in [1.807, 2.05) is 0 Å². The van der Waals surface area contributed by atoms with Gasteiger partial charge in [0, 0.05) is 25.6 Å². The lowest BCUT2D eigenvalue weighted by Crippen LogP contribution is -2.63. The number of aliphatic hydroxyl groups excluding tert-OH is 1. The van der Waals surface area contributed by atoms with Crippen molar-refractivity contribution in [3.8, 4) is 0 Å². The SMILES string of the molecule is CC/C=C(\CCC(=O)O)C1=CCC2(C)C(CCC3C2CCC2[C@H]4CCCC4(NCC(O)COC)CC[C@@]32C)C1C. The van der Waals surface area contributed by atoms with E-state index in [0.717, 1.165) is 36.5 Å². The lowest BCUT2D eigenvalue weighted by Gasteiger charge is -2.66. The number of rotatable bonds is 10. The number of carboxylic acid groups (broad SMARTS) is 1. The van der Waals surface area contributed by atoms with Gasteiger partial charge in [-0.05, 0) is 128 Å². The minimum atomic E-state index is -0.693. The Bertz CT molecular complexity index is 990. The first-order chi connectivity index (χ1) is 19.1. The summed E-state index contributed by atoms with van der Waals surface area (Å²) >= 11 is 0. The summed E-state index contributed by atoms with van der Waals surface area (Å²) in [6.45, 7) is 11.0. The Balaban J connectivity index is 1.35. The molecule has 5 nitrogen and oxygen atoms in total. The van der Waals surface area contributed by atoms with Crippen molar-refractivity contribution in [2.24, 2.45) is 46.3 Å². The fraction of sp³-hybridized carbons (Fsp3) is 0.857. The highest BCUT2D eigenvalue weighted by molar-refractivity contribution is 5.67. The molecular formula is C35H57NO4. The van der Waals surface area contributed by atoms with Crippen LogP contribution in [0, 0.1) is 46.3 Å². The van der Waals surface area contributed by atoms with E-state index in [2.05, 4.69) is 45.2 Å². The van der Waals surface area contributed by atoms with Gasteiger partial charge in [-0.3, -0.25) is 4.79 Å². The standard InChI is InChI=1S/C35H57NO4/c1-6-8-24(10-15-32(38)39)26-16-18-33(3)27(23(26)2)11-12-29-28(33)13-14-30-31-9-7-17-35(31,20-19-34(29,30)4)36-21-25(37)22-40-5/h8,16,23,25,27-31,36-37H,6-7,9-15,17-22H2,1-5H3,(H,38,39)/b24-8+/t23?,25?,27?,28?,29?,30?,31-,33?,34+,35?/m1/s1. The second-order valence-corrected chi connectivity index (χ2v) is 14.9. The predicted molar refractivity (Wildman–Crippen MR) is 161 cm³/mol. The lowest BCUT2D eigenvalue weighted by atomic mass is 9.39. The third-order valence-electron chi connectivity index (χ3n) is 13.2. The number of β-amino-alcohol motifs (C(OH)–C–C–N with tert-alkyl or cyclic N) is 1. The van der Waals surface area contributed by atoms with Crippen molar-refractivity contribution in [3.63, 3.8) is 0 Å². The molecule has 3 N–H and O–H groups in total. The molecule has 4 saturated carbocycles. The van der Waals surface area contributed by atoms with Crippen molar-refractivity contribution >= 4 is 5.97 Å². The van der Waals surface area contributed by atoms with Gasteiger partial charge in [0.2, 0.25) is 0 Å². The van der Waals surface area contributed by atoms with Crippen molar-refractivity contribution in [2.45, 2.75) is 123 Å². The van der Waals surface area contributed by atoms with Crippen LogP contribution in [0.3, 0.4) is 0 Å². The van der Waals surface area contributed by atoms with Crippen molar-refractivity contribution in [1.82, 2.24) is 5.32 Å². The van der Waals surface area contributed by atoms with Crippen molar-refractivity contribution in [1.29, 1.82) is 0 Å². The van der Waals surface area contributed by atoms with Crippen LogP contribution < -0.4 is 5.32 Å². The molecule has 0 aromatic rings. The van der Waals surface area contributed by atoms with E-state index < -0.39 is 12.1 Å². The zero-order chi connectivity index (χ0) is 28.7. The lowest BCUT2D eigenvalue weighted by molar-refractivity contribution is -0.159. The third-order valence-corrected chi connectivity index (χ3v) is 13.2. The second-order valence-electron chi connectivity index (χ2n) is 14.9. The zero-order valence-electron chi connectivity index (χ0n) is 26.0. The summed E-state index contributed by atoms with van der Waals surface area (Å²) < 4.78 is 5.21. The van der Waals surface area contributed by atoms with E-state index in [-0.39, 0.29) is 12.0 Å². The van der Waals surface area contributed by atoms with Gasteiger partial charge in [0.1, 0.15) is 0 Å². The number of fused-ring (bicyclic) bond motifs is 7. The van der Waals surface area contributed by atoms with Crippen molar-refractivity contribution in [3.05, 3.63) is 23.3 Å². The van der Waals surface area contributed by atoms with Crippen LogP contribution in [0.2, 0.25) is 0 Å². The molecule has 40 heavy (non-hydrogen) atoms. The molecule has 0 aromatic carbocycles. The maximum absolute atomic E-state index is 11.4. The predicted octanol–water partition coefficient (Wildman–Crippen LogP) is 7.15. The molecule has 5 heteroatoms. The van der Waals surface area contributed by atoms with E-state index in [1.54, 1.807) is 7.11 Å². The van der Waals surface area contributed by atoms with Gasteiger partial charge < -0.3 is 20.3 Å². The molecule has 0 heterocycles. The van der Waals surface area contributed by atoms with Crippen LogP contribution in [-0.2, 0) is 9.53 Å². The number of aliphatic carboxylic acids is 1. The first-order valence-electron chi connectivity index (χ1n) is 16.6. The van der Waals surface area contributed by atoms with Crippen molar-refractivity contribution in [2.75, 3.05) is 20.3 Å². The Morgan fingerprint density at radius 3 is 2.38 bits per heavy atom. The van der Waals surface area contributed by atoms with Crippen LogP contribution in [0.1, 0.15) is 111 Å². The van der Waals surface area contributed by atoms with Gasteiger partial charge >= 0.3 is 5.97 Å². The first-order valence-corrected chi connectivity index (χ1v) is 16.6. The number of ether oxygens (including phenoxy) is 1. The van der Waals surface area contributed by atoms with Gasteiger partial charge in [-0.1, -0.05) is 46.3 Å². The Labute approximate surface area is 243 Å². The molecule has 5 aliphatic carbocycles. The van der Waals surface area contributed by atoms with Crippen LogP contribution in [0.25, 0.3) is 0 Å². The minimum Gasteiger partial charge on any atom is -0.481 e. The Kier molecular flexibility index (Phi) is 8.97. The molecular weight excluding hydrogens is 498 g/mol. The van der Waals surface area contributed by atoms with Crippen LogP contribution in [0.5, 0.6) is 0 Å². The highest BCUT2D eigenvalue weighted by Crippen LogP contribution is 2.70. The van der Waals surface area contributed by atoms with E-state index >= 15 is 0 Å². The fourth-order valence-corrected chi connectivity index (χ4v) is 11.4. The Morgan fingerprint density at radius 2 is 1.70 bits per heavy atom. The molecule has 0 aliphatic heterocycles. The summed E-state index contributed by atoms with van der Waals surface area (Å²) in [5.74, 6) is 3.63. The van der Waals surface area contributed by atoms with Crippen LogP contribution in [0.4, 0.5) is 0 Å². The van der Waals surface area contributed by atoms with Gasteiger partial charge in [0.05, 0.1) is 12.7 Å². The third kappa shape index (κ3) is 5.15. The van der Waals surface area contributed by atoms with Crippen LogP contribution >= 0.6 is 0 Å². The summed E-state index contributed by atoms with van der Waals surface area (Å²) in [7, 11) is 1.67. The maximum Gasteiger partial charge on any atom is 0.303 e. The molecule has 5 aliphatic rings. The Morgan fingerprint density at radius 1 is 1.02 bits per heavy atom. The number of aliphatic hydroxyl groups is 1. The second kappa shape index (κ2) is 11.8. The zero-order valence-corrected chi connectivity index (χ0v) is 26.0. The molecule has 0 spiro atoms. The molecule has 226 valence electrons. The van der Waals surface area contributed by atoms with E-state index in [1.165, 1.54) is 68.9 Å². The monoisotopic (exact) mass is 555 g/mol. The number of hydrogen-bond acceptors (Lipinski definition) is 4. The minimum absolute atomic E-state index is 0.210. The normalized spacial score (nSPS) is 43.6. The Hall–Kier alpha value is -1.17. The quantitative estimate of drug-likeness (QED) is 0.267. The number of allylic oxidation sites excluding steroid dienone is 4.